The van der Waals surface area contributed by atoms with Gasteiger partial charge in [-0.15, -0.1) is 0 Å². The Morgan fingerprint density at radius 3 is 2.35 bits per heavy atom. The van der Waals surface area contributed by atoms with Gasteiger partial charge in [0.05, 0.1) is 23.4 Å². The van der Waals surface area contributed by atoms with E-state index >= 15 is 0 Å². The van der Waals surface area contributed by atoms with Gasteiger partial charge in [-0.05, 0) is 135 Å². The maximum absolute atomic E-state index is 10.1. The molecule has 0 amide bonds. The second-order valence-electron chi connectivity index (χ2n) is 15.0. The Morgan fingerprint density at radius 1 is 1.07 bits per heavy atom. The fraction of sp³-hybridized carbons (Fsp3) is 0.806. The summed E-state index contributed by atoms with van der Waals surface area (Å²) in [5.41, 5.74) is 4.16. The van der Waals surface area contributed by atoms with Crippen molar-refractivity contribution in [3.05, 3.63) is 35.5 Å². The lowest BCUT2D eigenvalue weighted by Crippen LogP contribution is -2.36. The molecule has 0 spiro atoms. The molecule has 3 rings (SSSR count). The topological polar surface area (TPSA) is 55.8 Å². The van der Waals surface area contributed by atoms with Crippen LogP contribution in [0.3, 0.4) is 0 Å². The van der Waals surface area contributed by atoms with Crippen LogP contribution in [0.2, 0.25) is 0 Å². The third-order valence-electron chi connectivity index (χ3n) is 9.39. The van der Waals surface area contributed by atoms with Crippen molar-refractivity contribution in [1.29, 1.82) is 0 Å². The second kappa shape index (κ2) is 15.3. The van der Waals surface area contributed by atoms with Crippen molar-refractivity contribution >= 4 is 6.29 Å². The number of fused-ring (bicyclic) bond motifs is 1. The summed E-state index contributed by atoms with van der Waals surface area (Å²) in [5.74, 6) is 2.31. The van der Waals surface area contributed by atoms with Gasteiger partial charge in [0.25, 0.3) is 0 Å². The van der Waals surface area contributed by atoms with E-state index in [1.165, 1.54) is 49.7 Å². The highest BCUT2D eigenvalue weighted by Gasteiger charge is 2.50. The van der Waals surface area contributed by atoms with E-state index in [0.717, 1.165) is 56.1 Å². The van der Waals surface area contributed by atoms with Gasteiger partial charge in [-0.2, -0.15) is 0 Å². The molecule has 0 saturated heterocycles. The summed E-state index contributed by atoms with van der Waals surface area (Å²) in [6.45, 7) is 23.5. The summed E-state index contributed by atoms with van der Waals surface area (Å²) in [6.07, 6.45) is 19.5. The van der Waals surface area contributed by atoms with E-state index < -0.39 is 5.60 Å². The molecule has 3 saturated carbocycles. The summed E-state index contributed by atoms with van der Waals surface area (Å²) in [4.78, 5) is 9.73. The van der Waals surface area contributed by atoms with Crippen molar-refractivity contribution in [3.8, 4) is 0 Å². The number of carbonyl (C=O) groups is 1. The lowest BCUT2D eigenvalue weighted by atomic mass is 9.60. The van der Waals surface area contributed by atoms with Crippen LogP contribution in [0.4, 0.5) is 0 Å². The minimum absolute atomic E-state index is 0.180. The summed E-state index contributed by atoms with van der Waals surface area (Å²) in [5, 5.41) is 10.1. The SMILES string of the molecule is C=C1CC[C@H](OC(C)C)C/C1=C/C=C1\CCC[C@]2(C)[C@@H]([C@H](C)CCCC(C)(C)O)CC[C@@H]12.CC(C)(C)OCC=O. The normalized spacial score (nSPS) is 30.3. The Bertz CT molecular complexity index is 868. The van der Waals surface area contributed by atoms with Crippen LogP contribution in [0.15, 0.2) is 35.5 Å². The Labute approximate surface area is 247 Å². The molecule has 0 aromatic carbocycles. The Kier molecular flexibility index (Phi) is 13.4. The molecule has 40 heavy (non-hydrogen) atoms. The molecule has 0 heterocycles. The molecule has 0 aromatic heterocycles. The second-order valence-corrected chi connectivity index (χ2v) is 15.0. The monoisotopic (exact) mass is 558 g/mol. The van der Waals surface area contributed by atoms with Crippen LogP contribution in [0.25, 0.3) is 0 Å². The lowest BCUT2D eigenvalue weighted by Gasteiger charge is -2.44. The highest BCUT2D eigenvalue weighted by molar-refractivity contribution is 5.50. The zero-order chi connectivity index (χ0) is 30.1. The predicted octanol–water partition coefficient (Wildman–Crippen LogP) is 9.17. The van der Waals surface area contributed by atoms with Crippen molar-refractivity contribution < 1.29 is 19.4 Å². The molecule has 0 radical (unpaired) electrons. The molecule has 4 heteroatoms. The first-order valence-electron chi connectivity index (χ1n) is 16.1. The largest absolute Gasteiger partial charge is 0.390 e. The standard InChI is InChI=1S/C30H50O2.C6H12O2/c1-21(2)32-26-15-12-22(3)25(20-26)14-13-24-11-9-19-30(7)27(16-17-28(24)30)23(4)10-8-18-29(5,6)31;1-6(2,3)8-5-4-7/h13-14,21,23,26-28,31H,3,8-12,15-20H2,1-2,4-7H3;4H,5H2,1-3H3/b24-13+,25-14-;/t23-,26+,27-,28+,30-;/m1./s1. The number of carbonyl (C=O) groups excluding carboxylic acids is 1. The fourth-order valence-corrected chi connectivity index (χ4v) is 7.44. The molecular formula is C36H62O4. The van der Waals surface area contributed by atoms with E-state index in [2.05, 4.69) is 46.4 Å². The van der Waals surface area contributed by atoms with E-state index in [-0.39, 0.29) is 12.2 Å². The molecule has 5 atom stereocenters. The van der Waals surface area contributed by atoms with E-state index in [4.69, 9.17) is 9.47 Å². The maximum atomic E-state index is 10.1. The highest BCUT2D eigenvalue weighted by Crippen LogP contribution is 2.60. The van der Waals surface area contributed by atoms with Gasteiger partial charge in [-0.25, -0.2) is 0 Å². The first kappa shape index (κ1) is 35.0. The van der Waals surface area contributed by atoms with E-state index in [9.17, 15) is 9.90 Å². The van der Waals surface area contributed by atoms with Gasteiger partial charge < -0.3 is 19.4 Å². The van der Waals surface area contributed by atoms with Crippen LogP contribution in [0.5, 0.6) is 0 Å². The van der Waals surface area contributed by atoms with Crippen LogP contribution in [-0.4, -0.2) is 41.4 Å². The van der Waals surface area contributed by atoms with Gasteiger partial charge in [0.2, 0.25) is 0 Å². The van der Waals surface area contributed by atoms with Crippen LogP contribution in [0.1, 0.15) is 133 Å². The summed E-state index contributed by atoms with van der Waals surface area (Å²) < 4.78 is 11.1. The first-order valence-corrected chi connectivity index (χ1v) is 16.1. The number of aliphatic hydroxyl groups is 1. The van der Waals surface area contributed by atoms with Crippen LogP contribution >= 0.6 is 0 Å². The molecule has 0 aliphatic heterocycles. The van der Waals surface area contributed by atoms with Gasteiger partial charge in [-0.1, -0.05) is 56.6 Å². The van der Waals surface area contributed by atoms with Crippen molar-refractivity contribution in [2.24, 2.45) is 23.2 Å². The summed E-state index contributed by atoms with van der Waals surface area (Å²) in [7, 11) is 0. The zero-order valence-corrected chi connectivity index (χ0v) is 27.5. The summed E-state index contributed by atoms with van der Waals surface area (Å²) >= 11 is 0. The van der Waals surface area contributed by atoms with E-state index in [1.54, 1.807) is 5.57 Å². The number of allylic oxidation sites excluding steroid dienone is 4. The number of rotatable bonds is 10. The average molecular weight is 559 g/mol. The van der Waals surface area contributed by atoms with Gasteiger partial charge in [-0.3, -0.25) is 0 Å². The summed E-state index contributed by atoms with van der Waals surface area (Å²) in [6, 6.07) is 0. The Balaban J connectivity index is 0.000000611. The number of ether oxygens (including phenoxy) is 2. The first-order chi connectivity index (χ1) is 18.6. The quantitative estimate of drug-likeness (QED) is 0.272. The average Bonchev–Trinajstić information content (AvgIpc) is 3.19. The minimum Gasteiger partial charge on any atom is -0.390 e. The van der Waals surface area contributed by atoms with Gasteiger partial charge in [0.15, 0.2) is 0 Å². The zero-order valence-electron chi connectivity index (χ0n) is 27.5. The third kappa shape index (κ3) is 11.2. The molecule has 0 aromatic rings. The minimum atomic E-state index is -0.529. The van der Waals surface area contributed by atoms with Gasteiger partial charge >= 0.3 is 0 Å². The van der Waals surface area contributed by atoms with Crippen LogP contribution < -0.4 is 0 Å². The molecule has 3 aliphatic carbocycles. The number of aldehydes is 1. The molecule has 0 bridgehead atoms. The van der Waals surface area contributed by atoms with Crippen LogP contribution in [0, 0.1) is 23.2 Å². The molecule has 230 valence electrons. The van der Waals surface area contributed by atoms with Crippen molar-refractivity contribution in [3.63, 3.8) is 0 Å². The van der Waals surface area contributed by atoms with Gasteiger partial charge in [0, 0.05) is 0 Å². The maximum Gasteiger partial charge on any atom is 0.145 e. The Morgan fingerprint density at radius 2 is 1.77 bits per heavy atom. The Hall–Kier alpha value is -1.23. The van der Waals surface area contributed by atoms with Crippen molar-refractivity contribution in [1.82, 2.24) is 0 Å². The highest BCUT2D eigenvalue weighted by atomic mass is 16.5. The van der Waals surface area contributed by atoms with Crippen molar-refractivity contribution in [2.45, 2.75) is 156 Å². The predicted molar refractivity (Wildman–Crippen MR) is 168 cm³/mol. The molecule has 1 N–H and O–H groups in total. The van der Waals surface area contributed by atoms with Crippen molar-refractivity contribution in [2.75, 3.05) is 6.61 Å². The molecule has 4 nitrogen and oxygen atoms in total. The number of hydrogen-bond acceptors (Lipinski definition) is 4. The smallest absolute Gasteiger partial charge is 0.145 e. The molecule has 3 fully saturated rings. The molecule has 3 aliphatic rings. The lowest BCUT2D eigenvalue weighted by molar-refractivity contribution is -0.116. The molecule has 0 unspecified atom stereocenters. The van der Waals surface area contributed by atoms with E-state index in [0.29, 0.717) is 17.6 Å². The number of hydrogen-bond donors (Lipinski definition) is 1. The molecular weight excluding hydrogens is 496 g/mol. The third-order valence-corrected chi connectivity index (χ3v) is 9.39. The van der Waals surface area contributed by atoms with Gasteiger partial charge in [0.1, 0.15) is 12.9 Å². The van der Waals surface area contributed by atoms with E-state index in [1.807, 2.05) is 34.6 Å². The van der Waals surface area contributed by atoms with Crippen LogP contribution in [-0.2, 0) is 14.3 Å². The fourth-order valence-electron chi connectivity index (χ4n) is 7.44.